The van der Waals surface area contributed by atoms with Crippen LogP contribution in [0.4, 0.5) is 5.69 Å². The molecule has 13 heteroatoms. The third-order valence-electron chi connectivity index (χ3n) is 10.8. The van der Waals surface area contributed by atoms with Gasteiger partial charge >= 0.3 is 0 Å². The van der Waals surface area contributed by atoms with Gasteiger partial charge in [0.25, 0.3) is 5.91 Å². The van der Waals surface area contributed by atoms with E-state index in [2.05, 4.69) is 5.32 Å². The highest BCUT2D eigenvalue weighted by molar-refractivity contribution is 5.95. The molecule has 1 amide bonds. The van der Waals surface area contributed by atoms with Crippen LogP contribution in [0.5, 0.6) is 5.75 Å². The van der Waals surface area contributed by atoms with Gasteiger partial charge in [0.1, 0.15) is 22.8 Å². The molecule has 0 saturated carbocycles. The molecule has 1 aromatic rings. The van der Waals surface area contributed by atoms with Crippen molar-refractivity contribution in [1.29, 1.82) is 0 Å². The van der Waals surface area contributed by atoms with Crippen LogP contribution < -0.4 is 16.0 Å². The van der Waals surface area contributed by atoms with Gasteiger partial charge in [-0.05, 0) is 72.2 Å². The SMILES string of the molecule is CN(C)c1cc(CC(=O)CNC(C)(C)C)c(O)c2c1C[C@H]1C[C@H]3[C@H](N(C)C)C(O)=C(C(N)=O)C4(OCCO4)[C@@]3(C)C(O)=C1C21OCCO1. The van der Waals surface area contributed by atoms with Gasteiger partial charge in [0.2, 0.25) is 11.6 Å². The number of ketones is 1. The number of primary amides is 1. The molecular weight excluding hydrogens is 620 g/mol. The quantitative estimate of drug-likeness (QED) is 0.286. The second-order valence-electron chi connectivity index (χ2n) is 15.3. The fourth-order valence-electron chi connectivity index (χ4n) is 8.86. The lowest BCUT2D eigenvalue weighted by atomic mass is 9.51. The van der Waals surface area contributed by atoms with Crippen LogP contribution in [-0.2, 0) is 47.2 Å². The van der Waals surface area contributed by atoms with Crippen LogP contribution in [0.25, 0.3) is 0 Å². The molecule has 0 bridgehead atoms. The Balaban J connectivity index is 1.59. The maximum Gasteiger partial charge on any atom is 0.253 e. The van der Waals surface area contributed by atoms with Gasteiger partial charge in [-0.1, -0.05) is 0 Å². The van der Waals surface area contributed by atoms with E-state index in [1.165, 1.54) is 0 Å². The highest BCUT2D eigenvalue weighted by Gasteiger charge is 2.72. The molecule has 264 valence electrons. The van der Waals surface area contributed by atoms with E-state index in [9.17, 15) is 24.9 Å². The smallest absolute Gasteiger partial charge is 0.253 e. The largest absolute Gasteiger partial charge is 0.511 e. The van der Waals surface area contributed by atoms with Crippen LogP contribution >= 0.6 is 0 Å². The van der Waals surface area contributed by atoms with Gasteiger partial charge in [-0.2, -0.15) is 0 Å². The number of anilines is 1. The predicted octanol–water partition coefficient (Wildman–Crippen LogP) is 2.15. The zero-order valence-corrected chi connectivity index (χ0v) is 29.2. The molecule has 48 heavy (non-hydrogen) atoms. The standard InChI is InChI=1S/C35H50N4O9/c1-32(2,3)37-17-20(40)13-19-16-23(38(5)6)21-14-18-15-22-27(39(7)8)29(42)26(31(36)44)35(47-11-12-48-35)33(22,4)30(43)24(18)34(25(21)28(19)41)45-9-10-46-34/h16,18,22,27,37,41-43H,9-15,17H2,1-8H3,(H2,36,44)/t18-,22-,27-,33+/m0/s1. The molecule has 2 spiro atoms. The van der Waals surface area contributed by atoms with Crippen LogP contribution in [0.15, 0.2) is 28.7 Å². The van der Waals surface area contributed by atoms with Gasteiger partial charge < -0.3 is 50.2 Å². The first-order valence-electron chi connectivity index (χ1n) is 16.6. The minimum atomic E-state index is -1.88. The monoisotopic (exact) mass is 670 g/mol. The molecule has 3 aliphatic carbocycles. The van der Waals surface area contributed by atoms with E-state index in [0.717, 1.165) is 11.3 Å². The molecule has 0 radical (unpaired) electrons. The molecular formula is C35H50N4O9. The van der Waals surface area contributed by atoms with E-state index in [1.54, 1.807) is 21.0 Å². The number of phenolic OH excluding ortho intramolecular Hbond substituents is 1. The maximum atomic E-state index is 13.2. The Labute approximate surface area is 281 Å². The van der Waals surface area contributed by atoms with Gasteiger partial charge in [-0.25, -0.2) is 0 Å². The number of ether oxygens (including phenoxy) is 4. The Hall–Kier alpha value is -3.20. The molecule has 1 aromatic carbocycles. The lowest BCUT2D eigenvalue weighted by Crippen LogP contribution is -2.67. The Morgan fingerprint density at radius 1 is 1.02 bits per heavy atom. The van der Waals surface area contributed by atoms with Crippen LogP contribution in [0.3, 0.4) is 0 Å². The lowest BCUT2D eigenvalue weighted by Gasteiger charge is -2.60. The number of Topliss-reactive ketones (excluding diaryl/α,β-unsaturated/α-hetero) is 1. The number of likely N-dealkylation sites (N-methyl/N-ethyl adjacent to an activating group) is 1. The Morgan fingerprint density at radius 3 is 2.17 bits per heavy atom. The van der Waals surface area contributed by atoms with Crippen molar-refractivity contribution >= 4 is 17.4 Å². The number of aliphatic hydroxyl groups is 2. The van der Waals surface area contributed by atoms with Crippen molar-refractivity contribution in [1.82, 2.24) is 10.2 Å². The minimum Gasteiger partial charge on any atom is -0.511 e. The van der Waals surface area contributed by atoms with Crippen LogP contribution in [0.2, 0.25) is 0 Å². The first kappa shape index (κ1) is 34.7. The van der Waals surface area contributed by atoms with Gasteiger partial charge in [0.15, 0.2) is 5.78 Å². The molecule has 6 N–H and O–H groups in total. The van der Waals surface area contributed by atoms with E-state index in [1.807, 2.05) is 50.7 Å². The minimum absolute atomic E-state index is 0.0330. The first-order chi connectivity index (χ1) is 22.4. The fourth-order valence-corrected chi connectivity index (χ4v) is 8.86. The molecule has 4 atom stereocenters. The number of nitrogens with one attached hydrogen (secondary N) is 1. The van der Waals surface area contributed by atoms with Crippen molar-refractivity contribution < 1.29 is 43.9 Å². The van der Waals surface area contributed by atoms with Gasteiger partial charge in [-0.3, -0.25) is 14.5 Å². The number of amides is 1. The number of aromatic hydroxyl groups is 1. The molecule has 5 aliphatic rings. The van der Waals surface area contributed by atoms with Crippen molar-refractivity contribution in [3.8, 4) is 5.75 Å². The summed E-state index contributed by atoms with van der Waals surface area (Å²) in [7, 11) is 7.40. The van der Waals surface area contributed by atoms with E-state index >= 15 is 0 Å². The molecule has 6 rings (SSSR count). The van der Waals surface area contributed by atoms with Gasteiger partial charge in [-0.15, -0.1) is 0 Å². The zero-order valence-electron chi connectivity index (χ0n) is 29.2. The highest BCUT2D eigenvalue weighted by Crippen LogP contribution is 2.67. The summed E-state index contributed by atoms with van der Waals surface area (Å²) >= 11 is 0. The number of rotatable bonds is 7. The average Bonchev–Trinajstić information content (AvgIpc) is 3.66. The number of fused-ring (bicyclic) bond motifs is 6. The number of carbonyl (C=O) groups excluding carboxylic acids is 2. The molecule has 2 heterocycles. The molecule has 2 fully saturated rings. The van der Waals surface area contributed by atoms with E-state index in [4.69, 9.17) is 24.7 Å². The van der Waals surface area contributed by atoms with Crippen molar-refractivity contribution in [2.75, 3.05) is 66.1 Å². The Bertz CT molecular complexity index is 1580. The van der Waals surface area contributed by atoms with Crippen LogP contribution in [-0.4, -0.2) is 110 Å². The summed E-state index contributed by atoms with van der Waals surface area (Å²) in [5.41, 5.74) is 6.76. The van der Waals surface area contributed by atoms with Crippen LogP contribution in [0.1, 0.15) is 50.8 Å². The summed E-state index contributed by atoms with van der Waals surface area (Å²) in [4.78, 5) is 30.0. The number of nitrogens with zero attached hydrogens (tertiary/aromatic N) is 2. The highest BCUT2D eigenvalue weighted by atomic mass is 16.7. The number of nitrogens with two attached hydrogens (primary N) is 1. The Kier molecular flexibility index (Phi) is 8.45. The number of phenols is 1. The number of hydrogen-bond acceptors (Lipinski definition) is 12. The molecule has 2 saturated heterocycles. The third kappa shape index (κ3) is 4.88. The van der Waals surface area contributed by atoms with E-state index < -0.39 is 34.9 Å². The average molecular weight is 671 g/mol. The van der Waals surface area contributed by atoms with E-state index in [-0.39, 0.29) is 79.5 Å². The summed E-state index contributed by atoms with van der Waals surface area (Å²) in [6, 6.07) is 1.14. The molecule has 13 nitrogen and oxygen atoms in total. The number of carbonyl (C=O) groups is 2. The zero-order chi connectivity index (χ0) is 35.1. The molecule has 2 aliphatic heterocycles. The predicted molar refractivity (Wildman–Crippen MR) is 177 cm³/mol. The second-order valence-corrected chi connectivity index (χ2v) is 15.3. The lowest BCUT2D eigenvalue weighted by molar-refractivity contribution is -0.245. The van der Waals surface area contributed by atoms with Crippen LogP contribution in [0, 0.1) is 17.3 Å². The number of aliphatic hydroxyl groups excluding tert-OH is 2. The number of benzene rings is 1. The normalized spacial score (nSPS) is 29.0. The van der Waals surface area contributed by atoms with Crippen molar-refractivity contribution in [2.45, 2.75) is 70.1 Å². The van der Waals surface area contributed by atoms with Gasteiger partial charge in [0, 0.05) is 48.8 Å². The van der Waals surface area contributed by atoms with Crippen molar-refractivity contribution in [2.24, 2.45) is 23.0 Å². The summed E-state index contributed by atoms with van der Waals surface area (Å²) in [5, 5.41) is 39.8. The van der Waals surface area contributed by atoms with Crippen molar-refractivity contribution in [3.05, 3.63) is 45.4 Å². The summed E-state index contributed by atoms with van der Waals surface area (Å²) in [6.07, 6.45) is 0.789. The summed E-state index contributed by atoms with van der Waals surface area (Å²) in [5.74, 6) is -5.99. The maximum absolute atomic E-state index is 13.2. The number of hydrogen-bond donors (Lipinski definition) is 5. The fraction of sp³-hybridized carbons (Fsp3) is 0.657. The first-order valence-corrected chi connectivity index (χ1v) is 16.6. The molecule has 0 unspecified atom stereocenters. The summed E-state index contributed by atoms with van der Waals surface area (Å²) in [6.45, 7) is 8.43. The van der Waals surface area contributed by atoms with Crippen molar-refractivity contribution in [3.63, 3.8) is 0 Å². The van der Waals surface area contributed by atoms with E-state index in [0.29, 0.717) is 29.5 Å². The van der Waals surface area contributed by atoms with Gasteiger partial charge in [0.05, 0.1) is 50.0 Å². The topological polar surface area (TPSA) is 176 Å². The molecule has 0 aromatic heterocycles. The Morgan fingerprint density at radius 2 is 1.62 bits per heavy atom. The summed E-state index contributed by atoms with van der Waals surface area (Å²) < 4.78 is 25.5. The third-order valence-corrected chi connectivity index (χ3v) is 10.8. The second kappa shape index (κ2) is 11.7.